The highest BCUT2D eigenvalue weighted by atomic mass is 19.1. The van der Waals surface area contributed by atoms with Crippen molar-refractivity contribution in [3.63, 3.8) is 0 Å². The minimum Gasteiger partial charge on any atom is -0.310 e. The predicted octanol–water partition coefficient (Wildman–Crippen LogP) is 17.8. The maximum atomic E-state index is 14.4. The standard InChI is InChI=1S/C63H48F2N2/c1-39(2)53-37-57-58-38-54(40(3)4)56-36-48(67(44-17-9-6-10-18-44)46-29-25-42(65)26-30-46)32-34-52(56)62(58)63(59-21-13-11-19-49(59)50-20-12-14-22-60(50)63)61(57)51-33-31-47(35-55(51)53)66(43-15-7-5-8-16-43)45-27-23-41(64)24-28-45/h5-40H,1-4H3. The summed E-state index contributed by atoms with van der Waals surface area (Å²) in [5.74, 6) is -0.100. The third kappa shape index (κ3) is 6.19. The molecule has 0 fully saturated rings. The Morgan fingerprint density at radius 1 is 0.328 bits per heavy atom. The summed E-state index contributed by atoms with van der Waals surface area (Å²) in [7, 11) is 0. The Morgan fingerprint density at radius 3 is 1.06 bits per heavy atom. The van der Waals surface area contributed by atoms with Crippen LogP contribution in [-0.2, 0) is 5.41 Å². The second-order valence-corrected chi connectivity index (χ2v) is 18.7. The van der Waals surface area contributed by atoms with E-state index in [4.69, 9.17) is 0 Å². The fourth-order valence-corrected chi connectivity index (χ4v) is 11.5. The largest absolute Gasteiger partial charge is 0.310 e. The first-order valence-electron chi connectivity index (χ1n) is 23.4. The van der Waals surface area contributed by atoms with Gasteiger partial charge in [0.25, 0.3) is 0 Å². The third-order valence-corrected chi connectivity index (χ3v) is 14.3. The van der Waals surface area contributed by atoms with Gasteiger partial charge in [-0.1, -0.05) is 125 Å². The Kier molecular flexibility index (Phi) is 9.51. The summed E-state index contributed by atoms with van der Waals surface area (Å²) in [4.78, 5) is 4.46. The summed E-state index contributed by atoms with van der Waals surface area (Å²) >= 11 is 0. The summed E-state index contributed by atoms with van der Waals surface area (Å²) in [6.45, 7) is 9.20. The highest BCUT2D eigenvalue weighted by Gasteiger charge is 2.53. The van der Waals surface area contributed by atoms with Gasteiger partial charge in [-0.15, -0.1) is 0 Å². The molecule has 67 heavy (non-hydrogen) atoms. The Balaban J connectivity index is 1.18. The monoisotopic (exact) mass is 870 g/mol. The van der Waals surface area contributed by atoms with E-state index in [0.717, 1.165) is 34.1 Å². The molecule has 0 saturated heterocycles. The lowest BCUT2D eigenvalue weighted by atomic mass is 9.67. The number of fused-ring (bicyclic) bond motifs is 14. The van der Waals surface area contributed by atoms with Gasteiger partial charge in [0.15, 0.2) is 0 Å². The highest BCUT2D eigenvalue weighted by Crippen LogP contribution is 2.66. The number of nitrogens with zero attached hydrogens (tertiary/aromatic N) is 2. The molecule has 10 aromatic rings. The molecule has 0 aromatic heterocycles. The van der Waals surface area contributed by atoms with E-state index < -0.39 is 5.41 Å². The van der Waals surface area contributed by atoms with Crippen LogP contribution in [0.4, 0.5) is 42.9 Å². The van der Waals surface area contributed by atoms with E-state index in [1.165, 1.54) is 101 Å². The normalized spacial score (nSPS) is 13.0. The van der Waals surface area contributed by atoms with Crippen molar-refractivity contribution in [2.75, 3.05) is 9.80 Å². The zero-order chi connectivity index (χ0) is 45.6. The molecule has 0 radical (unpaired) electrons. The van der Waals surface area contributed by atoms with E-state index in [0.29, 0.717) is 0 Å². The maximum absolute atomic E-state index is 14.4. The number of benzene rings is 10. The topological polar surface area (TPSA) is 6.48 Å². The van der Waals surface area contributed by atoms with E-state index >= 15 is 0 Å². The van der Waals surface area contributed by atoms with Gasteiger partial charge in [0.1, 0.15) is 11.6 Å². The van der Waals surface area contributed by atoms with Crippen LogP contribution >= 0.6 is 0 Å². The molecule has 4 heteroatoms. The Bertz CT molecular complexity index is 3300. The van der Waals surface area contributed by atoms with Gasteiger partial charge < -0.3 is 9.80 Å². The van der Waals surface area contributed by atoms with Gasteiger partial charge in [-0.2, -0.15) is 0 Å². The average Bonchev–Trinajstić information content (AvgIpc) is 3.82. The first-order valence-corrected chi connectivity index (χ1v) is 23.4. The molecular weight excluding hydrogens is 823 g/mol. The summed E-state index contributed by atoms with van der Waals surface area (Å²) < 4.78 is 28.9. The summed E-state index contributed by atoms with van der Waals surface area (Å²) in [6.07, 6.45) is 0. The fraction of sp³-hybridized carbons (Fsp3) is 0.111. The zero-order valence-corrected chi connectivity index (χ0v) is 37.9. The van der Waals surface area contributed by atoms with Crippen LogP contribution in [-0.4, -0.2) is 0 Å². The van der Waals surface area contributed by atoms with Gasteiger partial charge >= 0.3 is 0 Å². The molecule has 0 saturated carbocycles. The lowest BCUT2D eigenvalue weighted by Gasteiger charge is -2.34. The molecule has 12 rings (SSSR count). The predicted molar refractivity (Wildman–Crippen MR) is 275 cm³/mol. The van der Waals surface area contributed by atoms with Gasteiger partial charge in [0.05, 0.1) is 5.41 Å². The molecule has 0 N–H and O–H groups in total. The van der Waals surface area contributed by atoms with E-state index in [9.17, 15) is 8.78 Å². The second-order valence-electron chi connectivity index (χ2n) is 18.7. The smallest absolute Gasteiger partial charge is 0.123 e. The molecule has 0 aliphatic heterocycles. The van der Waals surface area contributed by atoms with Gasteiger partial charge in [-0.05, 0) is 198 Å². The van der Waals surface area contributed by atoms with Crippen molar-refractivity contribution in [1.29, 1.82) is 0 Å². The fourth-order valence-electron chi connectivity index (χ4n) is 11.5. The quantitative estimate of drug-likeness (QED) is 0.150. The number of para-hydroxylation sites is 2. The number of halogens is 2. The highest BCUT2D eigenvalue weighted by molar-refractivity contribution is 6.11. The van der Waals surface area contributed by atoms with Crippen molar-refractivity contribution in [2.24, 2.45) is 0 Å². The molecule has 0 unspecified atom stereocenters. The molecule has 0 bridgehead atoms. The Hall–Kier alpha value is -7.82. The van der Waals surface area contributed by atoms with Crippen molar-refractivity contribution < 1.29 is 8.78 Å². The lowest BCUT2D eigenvalue weighted by molar-refractivity contribution is 0.627. The van der Waals surface area contributed by atoms with Gasteiger partial charge in [0.2, 0.25) is 0 Å². The minimum atomic E-state index is -0.644. The summed E-state index contributed by atoms with van der Waals surface area (Å²) in [5, 5.41) is 4.86. The molecule has 0 atom stereocenters. The number of rotatable bonds is 8. The van der Waals surface area contributed by atoms with Gasteiger partial charge in [-0.25, -0.2) is 8.78 Å². The number of hydrogen-bond acceptors (Lipinski definition) is 2. The lowest BCUT2D eigenvalue weighted by Crippen LogP contribution is -2.27. The average molecular weight is 871 g/mol. The minimum absolute atomic E-state index is 0.213. The summed E-state index contributed by atoms with van der Waals surface area (Å²) in [5.41, 5.74) is 18.0. The molecule has 1 spiro atoms. The number of hydrogen-bond donors (Lipinski definition) is 0. The van der Waals surface area contributed by atoms with Crippen LogP contribution in [0, 0.1) is 11.6 Å². The zero-order valence-electron chi connectivity index (χ0n) is 37.9. The van der Waals surface area contributed by atoms with E-state index in [1.807, 2.05) is 36.4 Å². The molecule has 324 valence electrons. The van der Waals surface area contributed by atoms with Crippen molar-refractivity contribution in [3.05, 3.63) is 251 Å². The van der Waals surface area contributed by atoms with E-state index in [2.05, 4.69) is 183 Å². The van der Waals surface area contributed by atoms with Crippen molar-refractivity contribution in [1.82, 2.24) is 0 Å². The van der Waals surface area contributed by atoms with E-state index in [1.54, 1.807) is 0 Å². The van der Waals surface area contributed by atoms with Crippen LogP contribution in [0.2, 0.25) is 0 Å². The molecule has 2 aliphatic carbocycles. The van der Waals surface area contributed by atoms with Crippen molar-refractivity contribution in [2.45, 2.75) is 44.9 Å². The second kappa shape index (κ2) is 15.7. The first-order chi connectivity index (χ1) is 32.7. The molecule has 0 heterocycles. The first kappa shape index (κ1) is 40.7. The van der Waals surface area contributed by atoms with Crippen LogP contribution in [0.3, 0.4) is 0 Å². The molecule has 2 nitrogen and oxygen atoms in total. The molecule has 10 aromatic carbocycles. The van der Waals surface area contributed by atoms with Crippen LogP contribution in [0.25, 0.3) is 43.8 Å². The van der Waals surface area contributed by atoms with Crippen LogP contribution < -0.4 is 9.80 Å². The maximum Gasteiger partial charge on any atom is 0.123 e. The van der Waals surface area contributed by atoms with Crippen molar-refractivity contribution >= 4 is 55.7 Å². The van der Waals surface area contributed by atoms with Crippen molar-refractivity contribution in [3.8, 4) is 22.3 Å². The molecule has 2 aliphatic rings. The van der Waals surface area contributed by atoms with E-state index in [-0.39, 0.29) is 23.5 Å². The van der Waals surface area contributed by atoms with Crippen LogP contribution in [0.15, 0.2) is 206 Å². The van der Waals surface area contributed by atoms with Gasteiger partial charge in [-0.3, -0.25) is 0 Å². The number of anilines is 6. The SMILES string of the molecule is CC(C)c1cc2c(c3ccc(N(c4ccccc4)c4ccc(F)cc4)cc13)C1(c3ccccc3-c3ccccc31)c1c-2cc(C(C)C)c2cc(N(c3ccccc3)c3ccc(F)cc3)ccc12. The molecular formula is C63H48F2N2. The van der Waals surface area contributed by atoms with Gasteiger partial charge in [0, 0.05) is 34.1 Å². The Morgan fingerprint density at radius 2 is 0.672 bits per heavy atom. The third-order valence-electron chi connectivity index (χ3n) is 14.3. The van der Waals surface area contributed by atoms with Crippen LogP contribution in [0.1, 0.15) is 72.9 Å². The molecule has 0 amide bonds. The summed E-state index contributed by atoms with van der Waals surface area (Å²) in [6, 6.07) is 71.3. The Labute approximate surface area is 391 Å². The van der Waals surface area contributed by atoms with Crippen LogP contribution in [0.5, 0.6) is 0 Å².